The predicted molar refractivity (Wildman–Crippen MR) is 32.9 cm³/mol. The third-order valence-electron chi connectivity index (χ3n) is 1.75. The van der Waals surface area contributed by atoms with Gasteiger partial charge in [-0.3, -0.25) is 0 Å². The van der Waals surface area contributed by atoms with Crippen molar-refractivity contribution in [3.63, 3.8) is 0 Å². The Morgan fingerprint density at radius 1 is 1.70 bits per heavy atom. The van der Waals surface area contributed by atoms with E-state index in [1.165, 1.54) is 0 Å². The van der Waals surface area contributed by atoms with Crippen LogP contribution in [0.5, 0.6) is 0 Å². The molecule has 1 saturated heterocycles. The number of aliphatic hydroxyl groups is 1. The highest BCUT2D eigenvalue weighted by Crippen LogP contribution is 2.14. The Labute approximate surface area is 59.6 Å². The summed E-state index contributed by atoms with van der Waals surface area (Å²) in [7, 11) is 0. The molecular formula is C6H12NO3-. The molecule has 1 aliphatic heterocycles. The highest BCUT2D eigenvalue weighted by Gasteiger charge is 2.28. The Balaban J connectivity index is 2.49. The minimum absolute atomic E-state index is 0.200. The maximum absolute atomic E-state index is 10.7. The van der Waals surface area contributed by atoms with Gasteiger partial charge in [-0.25, -0.2) is 0 Å². The Bertz CT molecular complexity index is 108. The number of ether oxygens (including phenoxy) is 1. The van der Waals surface area contributed by atoms with Crippen molar-refractivity contribution in [2.24, 2.45) is 5.73 Å². The SMILES string of the molecule is C[C@@H]1O[C@@H]([O-])C[C@H](N)[C@@H]1O. The van der Waals surface area contributed by atoms with Crippen LogP contribution >= 0.6 is 0 Å². The normalized spacial score (nSPS) is 49.2. The standard InChI is InChI=1S/C6H12NO3/c1-3-6(9)4(7)2-5(8)10-3/h3-6,9H,2,7H2,1H3/q-1/t3-,4-,5+,6+/m0/s1. The molecule has 1 heterocycles. The minimum atomic E-state index is -1.06. The van der Waals surface area contributed by atoms with Crippen molar-refractivity contribution >= 4 is 0 Å². The molecular weight excluding hydrogens is 134 g/mol. The minimum Gasteiger partial charge on any atom is -0.831 e. The van der Waals surface area contributed by atoms with Crippen molar-refractivity contribution in [1.29, 1.82) is 0 Å². The molecule has 0 aromatic rings. The van der Waals surface area contributed by atoms with Gasteiger partial charge in [0.15, 0.2) is 0 Å². The Hall–Kier alpha value is -0.160. The Morgan fingerprint density at radius 2 is 2.30 bits per heavy atom. The van der Waals surface area contributed by atoms with Crippen LogP contribution in [0.1, 0.15) is 13.3 Å². The maximum Gasteiger partial charge on any atom is 0.0949 e. The van der Waals surface area contributed by atoms with E-state index in [0.29, 0.717) is 0 Å². The van der Waals surface area contributed by atoms with E-state index in [4.69, 9.17) is 10.5 Å². The zero-order chi connectivity index (χ0) is 7.72. The molecule has 0 amide bonds. The van der Waals surface area contributed by atoms with Gasteiger partial charge < -0.3 is 20.7 Å². The number of aliphatic hydroxyl groups excluding tert-OH is 1. The lowest BCUT2D eigenvalue weighted by Crippen LogP contribution is -2.54. The molecule has 0 aromatic heterocycles. The molecule has 60 valence electrons. The van der Waals surface area contributed by atoms with Gasteiger partial charge in [0.2, 0.25) is 0 Å². The molecule has 0 radical (unpaired) electrons. The van der Waals surface area contributed by atoms with Crippen LogP contribution in [0.3, 0.4) is 0 Å². The first kappa shape index (κ1) is 7.94. The topological polar surface area (TPSA) is 78.5 Å². The molecule has 4 heteroatoms. The van der Waals surface area contributed by atoms with Crippen molar-refractivity contribution in [2.75, 3.05) is 0 Å². The first-order valence-electron chi connectivity index (χ1n) is 3.36. The van der Waals surface area contributed by atoms with Crippen molar-refractivity contribution in [2.45, 2.75) is 37.9 Å². The number of nitrogens with two attached hydrogens (primary N) is 1. The highest BCUT2D eigenvalue weighted by molar-refractivity contribution is 4.81. The van der Waals surface area contributed by atoms with Gasteiger partial charge in [-0.1, -0.05) is 0 Å². The summed E-state index contributed by atoms with van der Waals surface area (Å²) in [6.45, 7) is 1.65. The maximum atomic E-state index is 10.7. The summed E-state index contributed by atoms with van der Waals surface area (Å²) in [4.78, 5) is 0. The quantitative estimate of drug-likeness (QED) is 0.421. The molecule has 0 aromatic carbocycles. The fraction of sp³-hybridized carbons (Fsp3) is 1.00. The summed E-state index contributed by atoms with van der Waals surface area (Å²) in [5.74, 6) is 0. The number of hydrogen-bond donors (Lipinski definition) is 2. The smallest absolute Gasteiger partial charge is 0.0949 e. The summed E-state index contributed by atoms with van der Waals surface area (Å²) in [5, 5.41) is 19.9. The number of hydrogen-bond acceptors (Lipinski definition) is 4. The second-order valence-electron chi connectivity index (χ2n) is 2.66. The van der Waals surface area contributed by atoms with E-state index in [1.54, 1.807) is 6.92 Å². The fourth-order valence-electron chi connectivity index (χ4n) is 1.09. The zero-order valence-corrected chi connectivity index (χ0v) is 5.86. The average molecular weight is 146 g/mol. The van der Waals surface area contributed by atoms with E-state index >= 15 is 0 Å². The second kappa shape index (κ2) is 2.84. The van der Waals surface area contributed by atoms with Crippen LogP contribution in [0.15, 0.2) is 0 Å². The van der Waals surface area contributed by atoms with Crippen LogP contribution in [0, 0.1) is 0 Å². The lowest BCUT2D eigenvalue weighted by Gasteiger charge is -2.39. The van der Waals surface area contributed by atoms with Gasteiger partial charge >= 0.3 is 0 Å². The molecule has 1 aliphatic rings. The van der Waals surface area contributed by atoms with Crippen LogP contribution in [0.4, 0.5) is 0 Å². The molecule has 0 spiro atoms. The zero-order valence-electron chi connectivity index (χ0n) is 5.86. The largest absolute Gasteiger partial charge is 0.831 e. The Morgan fingerprint density at radius 3 is 2.80 bits per heavy atom. The van der Waals surface area contributed by atoms with E-state index in [0.717, 1.165) is 0 Å². The molecule has 0 unspecified atom stereocenters. The highest BCUT2D eigenvalue weighted by atomic mass is 16.6. The molecule has 4 nitrogen and oxygen atoms in total. The molecule has 10 heavy (non-hydrogen) atoms. The van der Waals surface area contributed by atoms with Gasteiger partial charge in [-0.2, -0.15) is 0 Å². The van der Waals surface area contributed by atoms with E-state index in [2.05, 4.69) is 0 Å². The van der Waals surface area contributed by atoms with Gasteiger partial charge in [0.25, 0.3) is 0 Å². The molecule has 3 N–H and O–H groups in total. The summed E-state index contributed by atoms with van der Waals surface area (Å²) < 4.78 is 4.78. The molecule has 0 bridgehead atoms. The monoisotopic (exact) mass is 146 g/mol. The van der Waals surface area contributed by atoms with Crippen molar-refractivity contribution in [1.82, 2.24) is 0 Å². The van der Waals surface area contributed by atoms with Crippen LogP contribution in [0.2, 0.25) is 0 Å². The third-order valence-corrected chi connectivity index (χ3v) is 1.75. The average Bonchev–Trinajstić information content (AvgIpc) is 1.82. The summed E-state index contributed by atoms with van der Waals surface area (Å²) in [6, 6.07) is -0.425. The van der Waals surface area contributed by atoms with Crippen LogP contribution in [-0.4, -0.2) is 29.6 Å². The van der Waals surface area contributed by atoms with Crippen LogP contribution in [0.25, 0.3) is 0 Å². The molecule has 0 saturated carbocycles. The Kier molecular flexibility index (Phi) is 2.25. The van der Waals surface area contributed by atoms with Crippen LogP contribution < -0.4 is 10.8 Å². The molecule has 4 atom stereocenters. The van der Waals surface area contributed by atoms with Crippen molar-refractivity contribution in [3.05, 3.63) is 0 Å². The van der Waals surface area contributed by atoms with Crippen LogP contribution in [-0.2, 0) is 4.74 Å². The first-order valence-corrected chi connectivity index (χ1v) is 3.36. The predicted octanol–water partition coefficient (Wildman–Crippen LogP) is -1.83. The van der Waals surface area contributed by atoms with Gasteiger partial charge in [-0.05, 0) is 19.6 Å². The number of rotatable bonds is 0. The fourth-order valence-corrected chi connectivity index (χ4v) is 1.09. The van der Waals surface area contributed by atoms with E-state index in [-0.39, 0.29) is 6.42 Å². The van der Waals surface area contributed by atoms with E-state index < -0.39 is 24.5 Å². The van der Waals surface area contributed by atoms with Gasteiger partial charge in [0, 0.05) is 6.04 Å². The third kappa shape index (κ3) is 1.46. The van der Waals surface area contributed by atoms with Crippen molar-refractivity contribution in [3.8, 4) is 0 Å². The van der Waals surface area contributed by atoms with Gasteiger partial charge in [0.1, 0.15) is 0 Å². The molecule has 0 aliphatic carbocycles. The summed E-state index contributed by atoms with van der Waals surface area (Å²) in [5.41, 5.74) is 5.43. The lowest BCUT2D eigenvalue weighted by atomic mass is 10.0. The first-order chi connectivity index (χ1) is 4.61. The molecule has 1 fully saturated rings. The lowest BCUT2D eigenvalue weighted by molar-refractivity contribution is -0.508. The van der Waals surface area contributed by atoms with E-state index in [1.807, 2.05) is 0 Å². The van der Waals surface area contributed by atoms with E-state index in [9.17, 15) is 10.2 Å². The summed E-state index contributed by atoms with van der Waals surface area (Å²) in [6.07, 6.45) is -1.98. The molecule has 1 rings (SSSR count). The second-order valence-corrected chi connectivity index (χ2v) is 2.66. The van der Waals surface area contributed by atoms with Crippen molar-refractivity contribution < 1.29 is 14.9 Å². The van der Waals surface area contributed by atoms with Gasteiger partial charge in [0.05, 0.1) is 12.2 Å². The van der Waals surface area contributed by atoms with Gasteiger partial charge in [-0.15, -0.1) is 0 Å². The summed E-state index contributed by atoms with van der Waals surface area (Å²) >= 11 is 0.